The molecule has 19 heavy (non-hydrogen) atoms. The number of carbonyl (C=O) groups excluding carboxylic acids is 1. The van der Waals surface area contributed by atoms with E-state index in [1.165, 1.54) is 0 Å². The first-order valence-corrected chi connectivity index (χ1v) is 7.00. The summed E-state index contributed by atoms with van der Waals surface area (Å²) in [7, 11) is 1.64. The van der Waals surface area contributed by atoms with Gasteiger partial charge in [0.05, 0.1) is 13.5 Å². The fourth-order valence-corrected chi connectivity index (χ4v) is 2.12. The van der Waals surface area contributed by atoms with E-state index in [-0.39, 0.29) is 5.91 Å². The van der Waals surface area contributed by atoms with Crippen molar-refractivity contribution in [1.29, 1.82) is 0 Å². The van der Waals surface area contributed by atoms with Crippen LogP contribution >= 0.6 is 0 Å². The number of carbonyl (C=O) groups is 1. The van der Waals surface area contributed by atoms with Crippen LogP contribution in [0.2, 0.25) is 0 Å². The van der Waals surface area contributed by atoms with E-state index < -0.39 is 0 Å². The first kappa shape index (κ1) is 15.5. The Kier molecular flexibility index (Phi) is 6.40. The second-order valence-electron chi connectivity index (χ2n) is 4.98. The number of amides is 1. The van der Waals surface area contributed by atoms with Crippen LogP contribution in [-0.2, 0) is 11.2 Å². The largest absolute Gasteiger partial charge is 0.496 e. The SMILES string of the molecule is CCC(CC)CNC(=O)Cc1cc(C)ccc1OC. The van der Waals surface area contributed by atoms with Gasteiger partial charge in [-0.25, -0.2) is 0 Å². The Morgan fingerprint density at radius 1 is 1.32 bits per heavy atom. The number of benzene rings is 1. The minimum absolute atomic E-state index is 0.0656. The van der Waals surface area contributed by atoms with Gasteiger partial charge in [0.25, 0.3) is 0 Å². The van der Waals surface area contributed by atoms with E-state index in [1.807, 2.05) is 25.1 Å². The summed E-state index contributed by atoms with van der Waals surface area (Å²) >= 11 is 0. The molecule has 1 aromatic carbocycles. The van der Waals surface area contributed by atoms with Crippen molar-refractivity contribution in [3.63, 3.8) is 0 Å². The molecule has 0 heterocycles. The van der Waals surface area contributed by atoms with E-state index >= 15 is 0 Å². The highest BCUT2D eigenvalue weighted by Crippen LogP contribution is 2.20. The van der Waals surface area contributed by atoms with Crippen LogP contribution < -0.4 is 10.1 Å². The molecule has 0 aliphatic heterocycles. The summed E-state index contributed by atoms with van der Waals surface area (Å²) in [6.07, 6.45) is 2.58. The molecule has 0 saturated heterocycles. The molecule has 0 spiro atoms. The Morgan fingerprint density at radius 3 is 2.58 bits per heavy atom. The first-order valence-electron chi connectivity index (χ1n) is 7.00. The molecule has 1 rings (SSSR count). The maximum atomic E-state index is 12.0. The number of nitrogens with one attached hydrogen (secondary N) is 1. The lowest BCUT2D eigenvalue weighted by molar-refractivity contribution is -0.120. The molecule has 106 valence electrons. The summed E-state index contributed by atoms with van der Waals surface area (Å²) in [4.78, 5) is 12.0. The van der Waals surface area contributed by atoms with Crippen molar-refractivity contribution in [2.24, 2.45) is 5.92 Å². The van der Waals surface area contributed by atoms with Crippen molar-refractivity contribution >= 4 is 5.91 Å². The molecule has 0 unspecified atom stereocenters. The van der Waals surface area contributed by atoms with E-state index in [1.54, 1.807) is 7.11 Å². The third-order valence-electron chi connectivity index (χ3n) is 3.53. The maximum Gasteiger partial charge on any atom is 0.224 e. The second-order valence-corrected chi connectivity index (χ2v) is 4.98. The normalized spacial score (nSPS) is 10.6. The summed E-state index contributed by atoms with van der Waals surface area (Å²) in [5.74, 6) is 1.42. The summed E-state index contributed by atoms with van der Waals surface area (Å²) < 4.78 is 5.29. The van der Waals surface area contributed by atoms with Gasteiger partial charge >= 0.3 is 0 Å². The van der Waals surface area contributed by atoms with E-state index in [4.69, 9.17) is 4.74 Å². The molecular formula is C16H25NO2. The highest BCUT2D eigenvalue weighted by atomic mass is 16.5. The van der Waals surface area contributed by atoms with Crippen LogP contribution in [0, 0.1) is 12.8 Å². The van der Waals surface area contributed by atoms with E-state index in [9.17, 15) is 4.79 Å². The third kappa shape index (κ3) is 4.93. The monoisotopic (exact) mass is 263 g/mol. The molecule has 0 fully saturated rings. The van der Waals surface area contributed by atoms with Crippen molar-refractivity contribution in [3.05, 3.63) is 29.3 Å². The molecule has 1 N–H and O–H groups in total. The van der Waals surface area contributed by atoms with Crippen LogP contribution in [0.1, 0.15) is 37.8 Å². The lowest BCUT2D eigenvalue weighted by atomic mass is 10.0. The average Bonchev–Trinajstić information content (AvgIpc) is 2.40. The zero-order chi connectivity index (χ0) is 14.3. The Hall–Kier alpha value is -1.51. The lowest BCUT2D eigenvalue weighted by Crippen LogP contribution is -2.30. The van der Waals surface area contributed by atoms with Gasteiger partial charge in [-0.3, -0.25) is 4.79 Å². The molecule has 3 nitrogen and oxygen atoms in total. The topological polar surface area (TPSA) is 38.3 Å². The molecule has 0 radical (unpaired) electrons. The van der Waals surface area contributed by atoms with E-state index in [0.29, 0.717) is 12.3 Å². The minimum atomic E-state index is 0.0656. The van der Waals surface area contributed by atoms with Crippen molar-refractivity contribution in [2.45, 2.75) is 40.0 Å². The molecule has 1 amide bonds. The van der Waals surface area contributed by atoms with Crippen LogP contribution in [0.3, 0.4) is 0 Å². The van der Waals surface area contributed by atoms with Crippen LogP contribution in [0.25, 0.3) is 0 Å². The zero-order valence-corrected chi connectivity index (χ0v) is 12.5. The molecule has 3 heteroatoms. The van der Waals surface area contributed by atoms with Gasteiger partial charge in [0.2, 0.25) is 5.91 Å². The summed E-state index contributed by atoms with van der Waals surface area (Å²) in [5.41, 5.74) is 2.09. The predicted octanol–water partition coefficient (Wildman–Crippen LogP) is 3.10. The van der Waals surface area contributed by atoms with Crippen LogP contribution in [0.15, 0.2) is 18.2 Å². The predicted molar refractivity (Wildman–Crippen MR) is 78.5 cm³/mol. The van der Waals surface area contributed by atoms with Gasteiger partial charge in [-0.05, 0) is 18.9 Å². The molecular weight excluding hydrogens is 238 g/mol. The van der Waals surface area contributed by atoms with Gasteiger partial charge in [-0.1, -0.05) is 44.4 Å². The van der Waals surface area contributed by atoms with Crippen LogP contribution in [-0.4, -0.2) is 19.6 Å². The van der Waals surface area contributed by atoms with Gasteiger partial charge in [0.15, 0.2) is 0 Å². The molecule has 0 aliphatic rings. The van der Waals surface area contributed by atoms with E-state index in [2.05, 4.69) is 19.2 Å². The maximum absolute atomic E-state index is 12.0. The van der Waals surface area contributed by atoms with Gasteiger partial charge in [0.1, 0.15) is 5.75 Å². The van der Waals surface area contributed by atoms with Crippen LogP contribution in [0.4, 0.5) is 0 Å². The smallest absolute Gasteiger partial charge is 0.224 e. The van der Waals surface area contributed by atoms with Crippen molar-refractivity contribution < 1.29 is 9.53 Å². The molecule has 0 aliphatic carbocycles. The quantitative estimate of drug-likeness (QED) is 0.821. The number of hydrogen-bond acceptors (Lipinski definition) is 2. The highest BCUT2D eigenvalue weighted by molar-refractivity contribution is 5.79. The second kappa shape index (κ2) is 7.82. The lowest BCUT2D eigenvalue weighted by Gasteiger charge is -2.14. The first-order chi connectivity index (χ1) is 9.10. The minimum Gasteiger partial charge on any atom is -0.496 e. The molecule has 0 aromatic heterocycles. The van der Waals surface area contributed by atoms with Gasteiger partial charge in [-0.2, -0.15) is 0 Å². The number of aryl methyl sites for hydroxylation is 1. The summed E-state index contributed by atoms with van der Waals surface area (Å²) in [5, 5.41) is 3.01. The summed E-state index contributed by atoms with van der Waals surface area (Å²) in [6, 6.07) is 5.92. The third-order valence-corrected chi connectivity index (χ3v) is 3.53. The molecule has 1 aromatic rings. The van der Waals surface area contributed by atoms with Gasteiger partial charge in [0, 0.05) is 12.1 Å². The Morgan fingerprint density at radius 2 is 2.00 bits per heavy atom. The highest BCUT2D eigenvalue weighted by Gasteiger charge is 2.10. The molecule has 0 saturated carbocycles. The van der Waals surface area contributed by atoms with Gasteiger partial charge < -0.3 is 10.1 Å². The number of rotatable bonds is 7. The fraction of sp³-hybridized carbons (Fsp3) is 0.562. The van der Waals surface area contributed by atoms with Crippen LogP contribution in [0.5, 0.6) is 5.75 Å². The number of methoxy groups -OCH3 is 1. The Balaban J connectivity index is 2.59. The summed E-state index contributed by atoms with van der Waals surface area (Å²) in [6.45, 7) is 7.10. The molecule has 0 atom stereocenters. The Bertz CT molecular complexity index is 411. The zero-order valence-electron chi connectivity index (χ0n) is 12.5. The van der Waals surface area contributed by atoms with Crippen molar-refractivity contribution in [3.8, 4) is 5.75 Å². The van der Waals surface area contributed by atoms with Crippen molar-refractivity contribution in [1.82, 2.24) is 5.32 Å². The van der Waals surface area contributed by atoms with Gasteiger partial charge in [-0.15, -0.1) is 0 Å². The number of ether oxygens (including phenoxy) is 1. The Labute approximate surface area is 116 Å². The van der Waals surface area contributed by atoms with Crippen molar-refractivity contribution in [2.75, 3.05) is 13.7 Å². The average molecular weight is 263 g/mol. The standard InChI is InChI=1S/C16H25NO2/c1-5-13(6-2)11-17-16(18)10-14-9-12(3)7-8-15(14)19-4/h7-9,13H,5-6,10-11H2,1-4H3,(H,17,18). The fourth-order valence-electron chi connectivity index (χ4n) is 2.12. The molecule has 0 bridgehead atoms. The van der Waals surface area contributed by atoms with E-state index in [0.717, 1.165) is 36.3 Å². The number of hydrogen-bond donors (Lipinski definition) is 1.